The predicted octanol–water partition coefficient (Wildman–Crippen LogP) is 3.21. The van der Waals surface area contributed by atoms with Crippen LogP contribution in [-0.2, 0) is 0 Å². The molecule has 1 saturated heterocycles. The Morgan fingerprint density at radius 2 is 1.95 bits per heavy atom. The number of nitrogens with zero attached hydrogens (tertiary/aromatic N) is 1. The van der Waals surface area contributed by atoms with Crippen molar-refractivity contribution in [2.24, 2.45) is 5.41 Å². The Bertz CT molecular complexity index is 395. The highest BCUT2D eigenvalue weighted by molar-refractivity contribution is 5.20. The Kier molecular flexibility index (Phi) is 3.90. The van der Waals surface area contributed by atoms with Gasteiger partial charge in [0, 0.05) is 32.2 Å². The Labute approximate surface area is 117 Å². The molecule has 1 aromatic carbocycles. The van der Waals surface area contributed by atoms with Gasteiger partial charge in [-0.15, -0.1) is 0 Å². The van der Waals surface area contributed by atoms with E-state index in [4.69, 9.17) is 0 Å². The van der Waals surface area contributed by atoms with Gasteiger partial charge in [-0.2, -0.15) is 0 Å². The number of benzene rings is 1. The molecule has 1 aromatic rings. The highest BCUT2D eigenvalue weighted by atomic mass is 15.2. The van der Waals surface area contributed by atoms with Gasteiger partial charge in [0.05, 0.1) is 0 Å². The summed E-state index contributed by atoms with van der Waals surface area (Å²) in [6, 6.07) is 11.6. The van der Waals surface area contributed by atoms with Crippen LogP contribution in [0.3, 0.4) is 0 Å². The first-order chi connectivity index (χ1) is 9.27. The lowest BCUT2D eigenvalue weighted by molar-refractivity contribution is 0.0997. The minimum absolute atomic E-state index is 0.560. The van der Waals surface area contributed by atoms with Crippen molar-refractivity contribution in [1.82, 2.24) is 10.2 Å². The average molecular weight is 258 g/mol. The molecule has 0 radical (unpaired) electrons. The second kappa shape index (κ2) is 5.64. The van der Waals surface area contributed by atoms with Crippen molar-refractivity contribution in [3.63, 3.8) is 0 Å². The van der Waals surface area contributed by atoms with Crippen LogP contribution in [0.2, 0.25) is 0 Å². The smallest absolute Gasteiger partial charge is 0.0473 e. The van der Waals surface area contributed by atoms with Crippen LogP contribution >= 0.6 is 0 Å². The molecule has 1 N–H and O–H groups in total. The summed E-state index contributed by atoms with van der Waals surface area (Å²) in [6.45, 7) is 7.19. The molecule has 0 amide bonds. The largest absolute Gasteiger partial charge is 0.314 e. The first-order valence-electron chi connectivity index (χ1n) is 7.77. The Balaban J connectivity index is 1.74. The SMILES string of the molecule is CC1(CN2CCNCC2c2ccccc2)CCCC1. The van der Waals surface area contributed by atoms with Gasteiger partial charge in [-0.1, -0.05) is 50.1 Å². The van der Waals surface area contributed by atoms with Gasteiger partial charge in [0.2, 0.25) is 0 Å². The quantitative estimate of drug-likeness (QED) is 0.895. The average Bonchev–Trinajstić information content (AvgIpc) is 2.87. The summed E-state index contributed by atoms with van der Waals surface area (Å²) in [5.74, 6) is 0. The van der Waals surface area contributed by atoms with Gasteiger partial charge in [-0.3, -0.25) is 4.90 Å². The Morgan fingerprint density at radius 3 is 2.68 bits per heavy atom. The van der Waals surface area contributed by atoms with Crippen molar-refractivity contribution in [2.75, 3.05) is 26.2 Å². The van der Waals surface area contributed by atoms with Crippen LogP contribution in [0.4, 0.5) is 0 Å². The molecule has 1 aliphatic heterocycles. The summed E-state index contributed by atoms with van der Waals surface area (Å²) >= 11 is 0. The van der Waals surface area contributed by atoms with Crippen molar-refractivity contribution < 1.29 is 0 Å². The standard InChI is InChI=1S/C17H26N2/c1-17(9-5-6-10-17)14-19-12-11-18-13-16(19)15-7-3-2-4-8-15/h2-4,7-8,16,18H,5-6,9-14H2,1H3. The van der Waals surface area contributed by atoms with E-state index in [-0.39, 0.29) is 0 Å². The van der Waals surface area contributed by atoms with Gasteiger partial charge in [-0.05, 0) is 23.8 Å². The van der Waals surface area contributed by atoms with Gasteiger partial charge in [-0.25, -0.2) is 0 Å². The second-order valence-corrected chi connectivity index (χ2v) is 6.62. The molecule has 2 heteroatoms. The number of rotatable bonds is 3. The van der Waals surface area contributed by atoms with E-state index in [0.29, 0.717) is 11.5 Å². The zero-order valence-corrected chi connectivity index (χ0v) is 12.1. The van der Waals surface area contributed by atoms with Crippen LogP contribution in [0.1, 0.15) is 44.2 Å². The summed E-state index contributed by atoms with van der Waals surface area (Å²) in [4.78, 5) is 2.72. The number of hydrogen-bond donors (Lipinski definition) is 1. The fourth-order valence-corrected chi connectivity index (χ4v) is 3.82. The maximum Gasteiger partial charge on any atom is 0.0473 e. The normalized spacial score (nSPS) is 27.5. The highest BCUT2D eigenvalue weighted by Gasteiger charge is 2.34. The first kappa shape index (κ1) is 13.1. The molecule has 2 fully saturated rings. The summed E-state index contributed by atoms with van der Waals surface area (Å²) in [7, 11) is 0. The molecular weight excluding hydrogens is 232 g/mol. The van der Waals surface area contributed by atoms with Crippen molar-refractivity contribution >= 4 is 0 Å². The van der Waals surface area contributed by atoms with Crippen molar-refractivity contribution in [2.45, 2.75) is 38.6 Å². The highest BCUT2D eigenvalue weighted by Crippen LogP contribution is 2.39. The third kappa shape index (κ3) is 3.01. The minimum atomic E-state index is 0.560. The molecule has 3 rings (SSSR count). The Hall–Kier alpha value is -0.860. The summed E-state index contributed by atoms with van der Waals surface area (Å²) < 4.78 is 0. The molecular formula is C17H26N2. The molecule has 1 saturated carbocycles. The maximum absolute atomic E-state index is 3.56. The molecule has 1 atom stereocenters. The minimum Gasteiger partial charge on any atom is -0.314 e. The molecule has 2 nitrogen and oxygen atoms in total. The predicted molar refractivity (Wildman–Crippen MR) is 80.2 cm³/mol. The van der Waals surface area contributed by atoms with E-state index >= 15 is 0 Å². The zero-order valence-electron chi connectivity index (χ0n) is 12.1. The molecule has 0 bridgehead atoms. The molecule has 0 aromatic heterocycles. The molecule has 1 heterocycles. The van der Waals surface area contributed by atoms with Crippen LogP contribution in [0.5, 0.6) is 0 Å². The molecule has 104 valence electrons. The molecule has 1 unspecified atom stereocenters. The first-order valence-corrected chi connectivity index (χ1v) is 7.77. The van der Waals surface area contributed by atoms with Gasteiger partial charge >= 0.3 is 0 Å². The van der Waals surface area contributed by atoms with E-state index in [1.54, 1.807) is 0 Å². The van der Waals surface area contributed by atoms with E-state index in [2.05, 4.69) is 47.5 Å². The lowest BCUT2D eigenvalue weighted by Crippen LogP contribution is -2.49. The number of piperazine rings is 1. The van der Waals surface area contributed by atoms with E-state index in [0.717, 1.165) is 13.1 Å². The lowest BCUT2D eigenvalue weighted by atomic mass is 9.87. The zero-order chi connectivity index (χ0) is 13.1. The number of nitrogens with one attached hydrogen (secondary N) is 1. The van der Waals surface area contributed by atoms with Gasteiger partial charge in [0.25, 0.3) is 0 Å². The van der Waals surface area contributed by atoms with Gasteiger partial charge < -0.3 is 5.32 Å². The van der Waals surface area contributed by atoms with Crippen molar-refractivity contribution in [3.05, 3.63) is 35.9 Å². The molecule has 19 heavy (non-hydrogen) atoms. The maximum atomic E-state index is 3.56. The summed E-state index contributed by atoms with van der Waals surface area (Å²) in [5, 5.41) is 3.56. The monoisotopic (exact) mass is 258 g/mol. The van der Waals surface area contributed by atoms with E-state index in [9.17, 15) is 0 Å². The van der Waals surface area contributed by atoms with Crippen molar-refractivity contribution in [1.29, 1.82) is 0 Å². The topological polar surface area (TPSA) is 15.3 Å². The van der Waals surface area contributed by atoms with Crippen molar-refractivity contribution in [3.8, 4) is 0 Å². The number of hydrogen-bond acceptors (Lipinski definition) is 2. The van der Waals surface area contributed by atoms with Crippen LogP contribution in [0.15, 0.2) is 30.3 Å². The van der Waals surface area contributed by atoms with Gasteiger partial charge in [0.15, 0.2) is 0 Å². The second-order valence-electron chi connectivity index (χ2n) is 6.62. The lowest BCUT2D eigenvalue weighted by Gasteiger charge is -2.41. The fourth-order valence-electron chi connectivity index (χ4n) is 3.82. The van der Waals surface area contributed by atoms with E-state index in [1.807, 2.05) is 0 Å². The van der Waals surface area contributed by atoms with E-state index in [1.165, 1.54) is 44.3 Å². The van der Waals surface area contributed by atoms with Crippen LogP contribution < -0.4 is 5.32 Å². The third-order valence-corrected chi connectivity index (χ3v) is 4.93. The fraction of sp³-hybridized carbons (Fsp3) is 0.647. The molecule has 2 aliphatic rings. The summed E-state index contributed by atoms with van der Waals surface area (Å²) in [5.41, 5.74) is 2.03. The Morgan fingerprint density at radius 1 is 1.21 bits per heavy atom. The van der Waals surface area contributed by atoms with Gasteiger partial charge in [0.1, 0.15) is 0 Å². The molecule has 0 spiro atoms. The summed E-state index contributed by atoms with van der Waals surface area (Å²) in [6.07, 6.45) is 5.69. The molecule has 1 aliphatic carbocycles. The van der Waals surface area contributed by atoms with E-state index < -0.39 is 0 Å². The third-order valence-electron chi connectivity index (χ3n) is 4.93. The van der Waals surface area contributed by atoms with Crippen LogP contribution in [-0.4, -0.2) is 31.1 Å². The van der Waals surface area contributed by atoms with Crippen LogP contribution in [0.25, 0.3) is 0 Å². The van der Waals surface area contributed by atoms with Crippen LogP contribution in [0, 0.1) is 5.41 Å².